The van der Waals surface area contributed by atoms with Gasteiger partial charge in [-0.1, -0.05) is 6.07 Å². The Morgan fingerprint density at radius 1 is 1.62 bits per heavy atom. The molecule has 0 saturated heterocycles. The van der Waals surface area contributed by atoms with E-state index in [4.69, 9.17) is 17.3 Å². The molecule has 1 atom stereocenters. The number of nitrogens with two attached hydrogens (primary N) is 1. The minimum atomic E-state index is -0.00327. The average Bonchev–Trinajstić information content (AvgIpc) is 2.48. The van der Waals surface area contributed by atoms with Crippen LogP contribution in [0.4, 0.5) is 0 Å². The van der Waals surface area contributed by atoms with E-state index in [0.29, 0.717) is 5.28 Å². The minimum Gasteiger partial charge on any atom is -0.324 e. The molecule has 4 heteroatoms. The van der Waals surface area contributed by atoms with Gasteiger partial charge in [-0.25, -0.2) is 4.98 Å². The second kappa shape index (κ2) is 3.01. The average molecular weight is 196 g/mol. The fourth-order valence-electron chi connectivity index (χ4n) is 1.40. The Labute approximate surface area is 81.1 Å². The largest absolute Gasteiger partial charge is 0.324 e. The van der Waals surface area contributed by atoms with E-state index >= 15 is 0 Å². The van der Waals surface area contributed by atoms with Crippen LogP contribution in [0.1, 0.15) is 18.5 Å². The van der Waals surface area contributed by atoms with Crippen molar-refractivity contribution in [1.82, 2.24) is 9.38 Å². The third kappa shape index (κ3) is 1.30. The number of aromatic nitrogens is 2. The first kappa shape index (κ1) is 8.53. The molecule has 0 aliphatic heterocycles. The standard InChI is InChI=1S/C9H10ClN3/c1-6(11)7-3-2-4-13-8(7)5-12-9(13)10/h2-6H,11H2,1H3. The molecule has 0 aliphatic carbocycles. The van der Waals surface area contributed by atoms with Gasteiger partial charge in [0.25, 0.3) is 0 Å². The molecule has 0 aliphatic rings. The van der Waals surface area contributed by atoms with Crippen LogP contribution in [-0.2, 0) is 0 Å². The molecule has 2 aromatic heterocycles. The molecule has 2 N–H and O–H groups in total. The van der Waals surface area contributed by atoms with Gasteiger partial charge in [-0.2, -0.15) is 0 Å². The van der Waals surface area contributed by atoms with E-state index < -0.39 is 0 Å². The topological polar surface area (TPSA) is 43.3 Å². The zero-order valence-electron chi connectivity index (χ0n) is 7.24. The van der Waals surface area contributed by atoms with E-state index in [9.17, 15) is 0 Å². The SMILES string of the molecule is CC(N)c1cccn2c(Cl)ncc12. The van der Waals surface area contributed by atoms with Crippen molar-refractivity contribution < 1.29 is 0 Å². The predicted molar refractivity (Wildman–Crippen MR) is 52.8 cm³/mol. The summed E-state index contributed by atoms with van der Waals surface area (Å²) in [5.41, 5.74) is 7.84. The van der Waals surface area contributed by atoms with Gasteiger partial charge >= 0.3 is 0 Å². The van der Waals surface area contributed by atoms with Crippen LogP contribution < -0.4 is 5.73 Å². The van der Waals surface area contributed by atoms with Gasteiger partial charge in [0, 0.05) is 12.2 Å². The molecule has 0 fully saturated rings. The van der Waals surface area contributed by atoms with E-state index in [-0.39, 0.29) is 6.04 Å². The quantitative estimate of drug-likeness (QED) is 0.757. The molecule has 0 aromatic carbocycles. The lowest BCUT2D eigenvalue weighted by atomic mass is 10.1. The highest BCUT2D eigenvalue weighted by Crippen LogP contribution is 2.19. The van der Waals surface area contributed by atoms with E-state index in [2.05, 4.69) is 4.98 Å². The van der Waals surface area contributed by atoms with Crippen LogP contribution in [0.25, 0.3) is 5.52 Å². The number of pyridine rings is 1. The van der Waals surface area contributed by atoms with Crippen molar-refractivity contribution in [2.75, 3.05) is 0 Å². The summed E-state index contributed by atoms with van der Waals surface area (Å²) < 4.78 is 1.82. The van der Waals surface area contributed by atoms with Gasteiger partial charge in [-0.05, 0) is 30.2 Å². The number of hydrogen-bond donors (Lipinski definition) is 1. The van der Waals surface area contributed by atoms with E-state index in [1.54, 1.807) is 6.20 Å². The third-order valence-corrected chi connectivity index (χ3v) is 2.33. The molecule has 0 radical (unpaired) electrons. The van der Waals surface area contributed by atoms with Gasteiger partial charge in [-0.3, -0.25) is 4.40 Å². The Morgan fingerprint density at radius 3 is 3.08 bits per heavy atom. The summed E-state index contributed by atoms with van der Waals surface area (Å²) >= 11 is 5.86. The summed E-state index contributed by atoms with van der Waals surface area (Å²) in [5.74, 6) is 0. The number of nitrogens with zero attached hydrogens (tertiary/aromatic N) is 2. The van der Waals surface area contributed by atoms with Crippen molar-refractivity contribution in [3.63, 3.8) is 0 Å². The van der Waals surface area contributed by atoms with Crippen molar-refractivity contribution in [3.05, 3.63) is 35.4 Å². The van der Waals surface area contributed by atoms with Gasteiger partial charge in [-0.15, -0.1) is 0 Å². The van der Waals surface area contributed by atoms with Crippen LogP contribution in [0.3, 0.4) is 0 Å². The maximum absolute atomic E-state index is 5.86. The molecule has 0 saturated carbocycles. The number of fused-ring (bicyclic) bond motifs is 1. The molecule has 13 heavy (non-hydrogen) atoms. The fourth-order valence-corrected chi connectivity index (χ4v) is 1.59. The first-order valence-electron chi connectivity index (χ1n) is 4.07. The summed E-state index contributed by atoms with van der Waals surface area (Å²) in [6, 6.07) is 3.90. The van der Waals surface area contributed by atoms with Crippen LogP contribution >= 0.6 is 11.6 Å². The predicted octanol–water partition coefficient (Wildman–Crippen LogP) is 2.01. The second-order valence-corrected chi connectivity index (χ2v) is 3.37. The molecule has 2 aromatic rings. The zero-order valence-corrected chi connectivity index (χ0v) is 7.99. The van der Waals surface area contributed by atoms with Crippen molar-refractivity contribution in [2.24, 2.45) is 5.73 Å². The normalized spacial score (nSPS) is 13.5. The van der Waals surface area contributed by atoms with Gasteiger partial charge < -0.3 is 5.73 Å². The molecule has 3 nitrogen and oxygen atoms in total. The Kier molecular flexibility index (Phi) is 1.98. The maximum Gasteiger partial charge on any atom is 0.207 e. The van der Waals surface area contributed by atoms with Crippen LogP contribution in [-0.4, -0.2) is 9.38 Å². The first-order valence-corrected chi connectivity index (χ1v) is 4.45. The lowest BCUT2D eigenvalue weighted by Gasteiger charge is -2.06. The highest BCUT2D eigenvalue weighted by molar-refractivity contribution is 6.28. The van der Waals surface area contributed by atoms with Gasteiger partial charge in [0.2, 0.25) is 5.28 Å². The minimum absolute atomic E-state index is 0.00327. The summed E-state index contributed by atoms with van der Waals surface area (Å²) in [4.78, 5) is 4.01. The highest BCUT2D eigenvalue weighted by Gasteiger charge is 2.07. The number of rotatable bonds is 1. The van der Waals surface area contributed by atoms with Crippen LogP contribution in [0.15, 0.2) is 24.5 Å². The highest BCUT2D eigenvalue weighted by atomic mass is 35.5. The van der Waals surface area contributed by atoms with Gasteiger partial charge in [0.05, 0.1) is 11.7 Å². The molecule has 0 amide bonds. The van der Waals surface area contributed by atoms with Crippen molar-refractivity contribution >= 4 is 17.1 Å². The van der Waals surface area contributed by atoms with Crippen LogP contribution in [0.2, 0.25) is 5.28 Å². The molecule has 2 heterocycles. The third-order valence-electron chi connectivity index (χ3n) is 2.05. The molecular weight excluding hydrogens is 186 g/mol. The lowest BCUT2D eigenvalue weighted by molar-refractivity contribution is 0.820. The van der Waals surface area contributed by atoms with Crippen LogP contribution in [0, 0.1) is 0 Å². The van der Waals surface area contributed by atoms with Crippen molar-refractivity contribution in [1.29, 1.82) is 0 Å². The number of imidazole rings is 1. The fraction of sp³-hybridized carbons (Fsp3) is 0.222. The van der Waals surface area contributed by atoms with Crippen LogP contribution in [0.5, 0.6) is 0 Å². The Balaban J connectivity index is 2.77. The first-order chi connectivity index (χ1) is 6.20. The molecule has 0 bridgehead atoms. The maximum atomic E-state index is 5.86. The van der Waals surface area contributed by atoms with Crippen molar-refractivity contribution in [3.8, 4) is 0 Å². The molecular formula is C9H10ClN3. The second-order valence-electron chi connectivity index (χ2n) is 3.03. The summed E-state index contributed by atoms with van der Waals surface area (Å²) in [6.07, 6.45) is 3.61. The Bertz CT molecular complexity index is 433. The van der Waals surface area contributed by atoms with E-state index in [0.717, 1.165) is 11.1 Å². The summed E-state index contributed by atoms with van der Waals surface area (Å²) in [5, 5.41) is 0.470. The molecule has 68 valence electrons. The smallest absolute Gasteiger partial charge is 0.207 e. The van der Waals surface area contributed by atoms with Gasteiger partial charge in [0.1, 0.15) is 0 Å². The monoisotopic (exact) mass is 195 g/mol. The van der Waals surface area contributed by atoms with Gasteiger partial charge in [0.15, 0.2) is 0 Å². The Morgan fingerprint density at radius 2 is 2.38 bits per heavy atom. The number of hydrogen-bond acceptors (Lipinski definition) is 2. The summed E-state index contributed by atoms with van der Waals surface area (Å²) in [6.45, 7) is 1.94. The van der Waals surface area contributed by atoms with E-state index in [1.165, 1.54) is 0 Å². The van der Waals surface area contributed by atoms with Crippen molar-refractivity contribution in [2.45, 2.75) is 13.0 Å². The molecule has 2 rings (SSSR count). The van der Waals surface area contributed by atoms with E-state index in [1.807, 2.05) is 29.7 Å². The molecule has 0 spiro atoms. The zero-order chi connectivity index (χ0) is 9.42. The Hall–Kier alpha value is -1.06. The lowest BCUT2D eigenvalue weighted by Crippen LogP contribution is -2.06. The summed E-state index contributed by atoms with van der Waals surface area (Å²) in [7, 11) is 0. The number of halogens is 1. The molecule has 1 unspecified atom stereocenters.